The van der Waals surface area contributed by atoms with Gasteiger partial charge in [-0.2, -0.15) is 0 Å². The first-order chi connectivity index (χ1) is 10.6. The first kappa shape index (κ1) is 14.7. The molecule has 1 N–H and O–H groups in total. The van der Waals surface area contributed by atoms with E-state index in [4.69, 9.17) is 0 Å². The van der Waals surface area contributed by atoms with Gasteiger partial charge in [0.2, 0.25) is 5.91 Å². The fourth-order valence-corrected chi connectivity index (χ4v) is 2.99. The molecule has 0 spiro atoms. The summed E-state index contributed by atoms with van der Waals surface area (Å²) < 4.78 is 14.4. The average Bonchev–Trinajstić information content (AvgIpc) is 2.98. The number of hydrogen-bond donors (Lipinski definition) is 1. The number of aliphatic imine (C=N–C) groups is 2. The molecule has 116 valence electrons. The molecule has 1 fully saturated rings. The summed E-state index contributed by atoms with van der Waals surface area (Å²) >= 11 is 0. The number of nitrogens with zero attached hydrogens (tertiary/aromatic N) is 3. The molecule has 2 aliphatic heterocycles. The third-order valence-electron chi connectivity index (χ3n) is 4.23. The SMILES string of the molecule is C=CC(=O)N1C[C@@H](N=C2N=CCc3[nH]ccc32)[C@H](F)C[C@H]1C. The van der Waals surface area contributed by atoms with E-state index in [9.17, 15) is 9.18 Å². The van der Waals surface area contributed by atoms with Crippen LogP contribution in [0.25, 0.3) is 0 Å². The summed E-state index contributed by atoms with van der Waals surface area (Å²) in [5.41, 5.74) is 1.95. The van der Waals surface area contributed by atoms with E-state index in [1.165, 1.54) is 6.08 Å². The standard InChI is InChI=1S/C16H19FN4O/c1-3-15(22)21-9-14(12(17)8-10(21)2)20-16-11-4-6-18-13(11)5-7-19-16/h3-4,6-7,10,12,14,18H,1,5,8-9H2,2H3/t10-,12-,14-/m1/s1. The maximum atomic E-state index is 14.4. The first-order valence-corrected chi connectivity index (χ1v) is 7.44. The number of carbonyl (C=O) groups excluding carboxylic acids is 1. The normalized spacial score (nSPS) is 29.5. The predicted octanol–water partition coefficient (Wildman–Crippen LogP) is 1.90. The highest BCUT2D eigenvalue weighted by molar-refractivity contribution is 6.06. The van der Waals surface area contributed by atoms with Crippen molar-refractivity contribution >= 4 is 18.0 Å². The first-order valence-electron chi connectivity index (χ1n) is 7.44. The van der Waals surface area contributed by atoms with Crippen LogP contribution in [0.2, 0.25) is 0 Å². The Kier molecular flexibility index (Phi) is 3.92. The second-order valence-corrected chi connectivity index (χ2v) is 5.70. The van der Waals surface area contributed by atoms with Crippen molar-refractivity contribution in [1.82, 2.24) is 9.88 Å². The van der Waals surface area contributed by atoms with Crippen molar-refractivity contribution in [2.75, 3.05) is 6.54 Å². The van der Waals surface area contributed by atoms with E-state index in [-0.39, 0.29) is 24.9 Å². The molecule has 0 radical (unpaired) electrons. The minimum Gasteiger partial charge on any atom is -0.364 e. The second kappa shape index (κ2) is 5.87. The van der Waals surface area contributed by atoms with Crippen molar-refractivity contribution in [3.8, 4) is 0 Å². The van der Waals surface area contributed by atoms with E-state index < -0.39 is 12.2 Å². The number of amidine groups is 1. The Balaban J connectivity index is 1.86. The van der Waals surface area contributed by atoms with Crippen LogP contribution < -0.4 is 0 Å². The minimum atomic E-state index is -1.07. The maximum absolute atomic E-state index is 14.4. The second-order valence-electron chi connectivity index (χ2n) is 5.70. The molecule has 5 nitrogen and oxygen atoms in total. The molecule has 1 amide bonds. The van der Waals surface area contributed by atoms with E-state index in [0.717, 1.165) is 17.7 Å². The lowest BCUT2D eigenvalue weighted by Crippen LogP contribution is -2.51. The Labute approximate surface area is 128 Å². The molecule has 0 unspecified atom stereocenters. The summed E-state index contributed by atoms with van der Waals surface area (Å²) in [7, 11) is 0. The summed E-state index contributed by atoms with van der Waals surface area (Å²) in [6.45, 7) is 5.61. The maximum Gasteiger partial charge on any atom is 0.246 e. The number of halogens is 1. The molecule has 0 aliphatic carbocycles. The molecule has 0 aromatic carbocycles. The zero-order valence-electron chi connectivity index (χ0n) is 12.5. The summed E-state index contributed by atoms with van der Waals surface area (Å²) in [5, 5.41) is 0. The fraction of sp³-hybridized carbons (Fsp3) is 0.438. The van der Waals surface area contributed by atoms with Crippen molar-refractivity contribution < 1.29 is 9.18 Å². The van der Waals surface area contributed by atoms with Crippen LogP contribution >= 0.6 is 0 Å². The lowest BCUT2D eigenvalue weighted by molar-refractivity contribution is -0.130. The zero-order chi connectivity index (χ0) is 15.7. The van der Waals surface area contributed by atoms with Crippen LogP contribution in [0.15, 0.2) is 34.9 Å². The topological polar surface area (TPSA) is 60.8 Å². The van der Waals surface area contributed by atoms with Crippen LogP contribution in [0.3, 0.4) is 0 Å². The van der Waals surface area contributed by atoms with Crippen molar-refractivity contribution in [3.05, 3.63) is 36.2 Å². The highest BCUT2D eigenvalue weighted by Crippen LogP contribution is 2.24. The van der Waals surface area contributed by atoms with E-state index in [1.54, 1.807) is 11.1 Å². The summed E-state index contributed by atoms with van der Waals surface area (Å²) in [6.07, 6.45) is 4.80. The van der Waals surface area contributed by atoms with Crippen LogP contribution in [-0.4, -0.2) is 52.6 Å². The van der Waals surface area contributed by atoms with E-state index >= 15 is 0 Å². The predicted molar refractivity (Wildman–Crippen MR) is 84.2 cm³/mol. The molecular formula is C16H19FN4O. The van der Waals surface area contributed by atoms with Gasteiger partial charge >= 0.3 is 0 Å². The Morgan fingerprint density at radius 1 is 1.64 bits per heavy atom. The quantitative estimate of drug-likeness (QED) is 0.833. The summed E-state index contributed by atoms with van der Waals surface area (Å²) in [6, 6.07) is 1.17. The average molecular weight is 302 g/mol. The van der Waals surface area contributed by atoms with Crippen molar-refractivity contribution in [3.63, 3.8) is 0 Å². The van der Waals surface area contributed by atoms with Gasteiger partial charge in [0.25, 0.3) is 0 Å². The van der Waals surface area contributed by atoms with Crippen molar-refractivity contribution in [2.24, 2.45) is 9.98 Å². The van der Waals surface area contributed by atoms with E-state index in [0.29, 0.717) is 5.84 Å². The number of aromatic nitrogens is 1. The number of hydrogen-bond acceptors (Lipinski definition) is 2. The Morgan fingerprint density at radius 3 is 3.23 bits per heavy atom. The monoisotopic (exact) mass is 302 g/mol. The smallest absolute Gasteiger partial charge is 0.246 e. The number of nitrogens with one attached hydrogen (secondary N) is 1. The summed E-state index contributed by atoms with van der Waals surface area (Å²) in [5.74, 6) is 0.356. The van der Waals surface area contributed by atoms with Crippen molar-refractivity contribution in [1.29, 1.82) is 0 Å². The number of amides is 1. The molecule has 3 rings (SSSR count). The number of rotatable bonds is 2. The van der Waals surface area contributed by atoms with Gasteiger partial charge in [0.05, 0.1) is 0 Å². The number of piperidine rings is 1. The molecule has 22 heavy (non-hydrogen) atoms. The number of fused-ring (bicyclic) bond motifs is 1. The molecule has 0 bridgehead atoms. The van der Waals surface area contributed by atoms with Gasteiger partial charge in [-0.1, -0.05) is 6.58 Å². The summed E-state index contributed by atoms with van der Waals surface area (Å²) in [4.78, 5) is 25.4. The van der Waals surface area contributed by atoms with Crippen LogP contribution in [0.1, 0.15) is 24.6 Å². The Hall–Kier alpha value is -2.24. The lowest BCUT2D eigenvalue weighted by atomic mass is 9.97. The zero-order valence-corrected chi connectivity index (χ0v) is 12.5. The highest BCUT2D eigenvalue weighted by Gasteiger charge is 2.35. The largest absolute Gasteiger partial charge is 0.364 e. The van der Waals surface area contributed by atoms with Gasteiger partial charge in [-0.15, -0.1) is 0 Å². The van der Waals surface area contributed by atoms with Gasteiger partial charge in [0, 0.05) is 49.1 Å². The molecule has 1 aromatic heterocycles. The Morgan fingerprint density at radius 2 is 2.45 bits per heavy atom. The minimum absolute atomic E-state index is 0.144. The lowest BCUT2D eigenvalue weighted by Gasteiger charge is -2.38. The fourth-order valence-electron chi connectivity index (χ4n) is 2.99. The molecule has 6 heteroatoms. The van der Waals surface area contributed by atoms with Gasteiger partial charge in [0.1, 0.15) is 12.2 Å². The van der Waals surface area contributed by atoms with Gasteiger partial charge in [-0.25, -0.2) is 9.38 Å². The Bertz CT molecular complexity index is 648. The molecule has 1 aromatic rings. The van der Waals surface area contributed by atoms with Gasteiger partial charge in [-0.3, -0.25) is 9.79 Å². The van der Waals surface area contributed by atoms with Gasteiger partial charge < -0.3 is 9.88 Å². The van der Waals surface area contributed by atoms with Crippen LogP contribution in [0.4, 0.5) is 4.39 Å². The molecule has 0 saturated carbocycles. The van der Waals surface area contributed by atoms with Gasteiger partial charge in [-0.05, 0) is 19.1 Å². The number of likely N-dealkylation sites (tertiary alicyclic amines) is 1. The highest BCUT2D eigenvalue weighted by atomic mass is 19.1. The third-order valence-corrected chi connectivity index (χ3v) is 4.23. The molecule has 1 saturated heterocycles. The molecule has 3 heterocycles. The van der Waals surface area contributed by atoms with Crippen molar-refractivity contribution in [2.45, 2.75) is 38.0 Å². The van der Waals surface area contributed by atoms with Gasteiger partial charge in [0.15, 0.2) is 5.84 Å². The molecule has 2 aliphatic rings. The van der Waals surface area contributed by atoms with E-state index in [1.807, 2.05) is 19.2 Å². The number of H-pyrrole nitrogens is 1. The van der Waals surface area contributed by atoms with E-state index in [2.05, 4.69) is 21.5 Å². The molecule has 3 atom stereocenters. The van der Waals surface area contributed by atoms with Crippen LogP contribution in [0, 0.1) is 0 Å². The number of carbonyl (C=O) groups is 1. The van der Waals surface area contributed by atoms with Crippen LogP contribution in [-0.2, 0) is 11.2 Å². The third kappa shape index (κ3) is 2.61. The van der Waals surface area contributed by atoms with Crippen LogP contribution in [0.5, 0.6) is 0 Å². The molecular weight excluding hydrogens is 283 g/mol. The number of alkyl halides is 1. The number of aromatic amines is 1.